The molecule has 214 valence electrons. The van der Waals surface area contributed by atoms with E-state index in [2.05, 4.69) is 0 Å². The first kappa shape index (κ1) is 28.0. The fourth-order valence-corrected chi connectivity index (χ4v) is 6.84. The highest BCUT2D eigenvalue weighted by atomic mass is 19.3. The van der Waals surface area contributed by atoms with Crippen LogP contribution in [-0.4, -0.2) is 88.3 Å². The molecule has 1 saturated carbocycles. The molecule has 3 unspecified atom stereocenters. The summed E-state index contributed by atoms with van der Waals surface area (Å²) < 4.78 is 27.0. The molecule has 40 heavy (non-hydrogen) atoms. The van der Waals surface area contributed by atoms with E-state index in [0.717, 1.165) is 0 Å². The van der Waals surface area contributed by atoms with Crippen LogP contribution in [0.15, 0.2) is 35.1 Å². The van der Waals surface area contributed by atoms with Crippen LogP contribution in [0.25, 0.3) is 11.8 Å². The normalized spacial score (nSPS) is 28.6. The molecule has 5 N–H and O–H groups in total. The van der Waals surface area contributed by atoms with Crippen LogP contribution in [0.3, 0.4) is 0 Å². The lowest BCUT2D eigenvalue weighted by molar-refractivity contribution is -0.136. The summed E-state index contributed by atoms with van der Waals surface area (Å²) in [7, 11) is 3.33. The number of allylic oxidation sites excluding steroid dienone is 1. The maximum absolute atomic E-state index is 13.8. The van der Waals surface area contributed by atoms with Crippen LogP contribution in [0.4, 0.5) is 8.78 Å². The van der Waals surface area contributed by atoms with E-state index in [9.17, 15) is 38.5 Å². The number of piperidine rings is 1. The molecule has 1 aliphatic heterocycles. The number of hydrogen-bond acceptors (Lipinski definition) is 8. The fraction of sp³-hybridized carbons (Fsp3) is 0.483. The Balaban J connectivity index is 1.49. The molecule has 4 aliphatic rings. The van der Waals surface area contributed by atoms with Gasteiger partial charge in [-0.25, -0.2) is 8.78 Å². The number of hydrogen-bond donors (Lipinski definition) is 4. The number of benzene rings is 1. The zero-order chi connectivity index (χ0) is 29.1. The van der Waals surface area contributed by atoms with E-state index in [1.54, 1.807) is 25.1 Å². The van der Waals surface area contributed by atoms with Crippen molar-refractivity contribution in [3.63, 3.8) is 0 Å². The number of rotatable bonds is 5. The predicted octanol–water partition coefficient (Wildman–Crippen LogP) is 2.59. The van der Waals surface area contributed by atoms with Crippen molar-refractivity contribution in [1.29, 1.82) is 0 Å². The number of aliphatic hydroxyl groups is 2. The number of phenolic OH excluding ortho intramolecular Hbond substituents is 1. The van der Waals surface area contributed by atoms with Gasteiger partial charge in [0.15, 0.2) is 11.6 Å². The summed E-state index contributed by atoms with van der Waals surface area (Å²) >= 11 is 0. The number of carbonyl (C=O) groups is 3. The van der Waals surface area contributed by atoms with Crippen molar-refractivity contribution >= 4 is 29.3 Å². The fourth-order valence-electron chi connectivity index (χ4n) is 6.84. The summed E-state index contributed by atoms with van der Waals surface area (Å²) in [6.07, 6.45) is 3.85. The number of halogens is 2. The SMILES string of the molecule is CN(C)[C@@H]1C(O)=C(C(N)=O)C(=O)C2C(=O)C3=C(O)c4c(O)ccc(/C=C/CN5CCC(F)(F)CC5)c4CC3CC21. The van der Waals surface area contributed by atoms with E-state index in [4.69, 9.17) is 5.73 Å². The smallest absolute Gasteiger partial charge is 0.255 e. The topological polar surface area (TPSA) is 144 Å². The Hall–Kier alpha value is -3.57. The first-order valence-electron chi connectivity index (χ1n) is 13.3. The van der Waals surface area contributed by atoms with E-state index < -0.39 is 64.3 Å². The molecule has 1 heterocycles. The Labute approximate surface area is 230 Å². The number of ketones is 2. The van der Waals surface area contributed by atoms with Crippen molar-refractivity contribution in [2.45, 2.75) is 37.6 Å². The number of fused-ring (bicyclic) bond motifs is 3. The monoisotopic (exact) mass is 557 g/mol. The largest absolute Gasteiger partial charge is 0.510 e. The number of likely N-dealkylation sites (N-methyl/N-ethyl adjacent to an activating group) is 1. The third-order valence-electron chi connectivity index (χ3n) is 8.73. The second-order valence-corrected chi connectivity index (χ2v) is 11.4. The molecule has 4 atom stereocenters. The molecule has 1 aromatic carbocycles. The molecule has 9 nitrogen and oxygen atoms in total. The average Bonchev–Trinajstić information content (AvgIpc) is 2.85. The highest BCUT2D eigenvalue weighted by Gasteiger charge is 2.55. The van der Waals surface area contributed by atoms with E-state index >= 15 is 0 Å². The highest BCUT2D eigenvalue weighted by Crippen LogP contribution is 2.50. The van der Waals surface area contributed by atoms with Crippen LogP contribution in [-0.2, 0) is 20.8 Å². The minimum atomic E-state index is -2.63. The van der Waals surface area contributed by atoms with Gasteiger partial charge >= 0.3 is 0 Å². The van der Waals surface area contributed by atoms with Crippen molar-refractivity contribution in [1.82, 2.24) is 9.80 Å². The lowest BCUT2D eigenvalue weighted by atomic mass is 9.59. The lowest BCUT2D eigenvalue weighted by Gasteiger charge is -2.46. The summed E-state index contributed by atoms with van der Waals surface area (Å²) in [6.45, 7) is 1.04. The van der Waals surface area contributed by atoms with Gasteiger partial charge in [0.2, 0.25) is 0 Å². The standard InChI is InChI=1S/C29H33F2N3O6/c1-33(2)23-17-13-15-12-16-14(4-3-9-34-10-7-29(30,31)8-11-34)5-6-18(35)20(16)24(36)19(15)25(37)21(17)26(38)22(27(23)39)28(32)40/h3-6,15,17,21,23,35-36,39H,7-13H2,1-2H3,(H2,32,40)/b4-3+/t15?,17?,21?,23-/m0/s1. The van der Waals surface area contributed by atoms with Crippen molar-refractivity contribution < 1.29 is 38.5 Å². The van der Waals surface area contributed by atoms with E-state index in [0.29, 0.717) is 17.7 Å². The van der Waals surface area contributed by atoms with Crippen LogP contribution >= 0.6 is 0 Å². The molecule has 1 amide bonds. The van der Waals surface area contributed by atoms with Crippen LogP contribution < -0.4 is 5.73 Å². The summed E-state index contributed by atoms with van der Waals surface area (Å²) in [4.78, 5) is 42.7. The second-order valence-electron chi connectivity index (χ2n) is 11.4. The lowest BCUT2D eigenvalue weighted by Crippen LogP contribution is -2.55. The van der Waals surface area contributed by atoms with Gasteiger partial charge in [0, 0.05) is 38.0 Å². The van der Waals surface area contributed by atoms with Gasteiger partial charge in [0.05, 0.1) is 17.5 Å². The molecule has 2 fully saturated rings. The quantitative estimate of drug-likeness (QED) is 0.320. The number of carbonyl (C=O) groups excluding carboxylic acids is 3. The predicted molar refractivity (Wildman–Crippen MR) is 142 cm³/mol. The molecule has 0 bridgehead atoms. The first-order chi connectivity index (χ1) is 18.8. The molecular formula is C29H33F2N3O6. The molecule has 11 heteroatoms. The zero-order valence-electron chi connectivity index (χ0n) is 22.4. The van der Waals surface area contributed by atoms with Crippen molar-refractivity contribution in [2.24, 2.45) is 23.5 Å². The maximum Gasteiger partial charge on any atom is 0.255 e. The van der Waals surface area contributed by atoms with Gasteiger partial charge in [-0.3, -0.25) is 24.2 Å². The molecule has 0 aromatic heterocycles. The number of alkyl halides is 2. The summed E-state index contributed by atoms with van der Waals surface area (Å²) in [5.41, 5.74) is 6.26. The number of likely N-dealkylation sites (tertiary alicyclic amines) is 1. The average molecular weight is 558 g/mol. The number of nitrogens with two attached hydrogens (primary N) is 1. The second kappa shape index (κ2) is 10.1. The minimum Gasteiger partial charge on any atom is -0.510 e. The Morgan fingerprint density at radius 3 is 2.45 bits per heavy atom. The van der Waals surface area contributed by atoms with Gasteiger partial charge in [-0.2, -0.15) is 0 Å². The Morgan fingerprint density at radius 2 is 1.82 bits per heavy atom. The van der Waals surface area contributed by atoms with Crippen LogP contribution in [0, 0.1) is 17.8 Å². The number of aliphatic hydroxyl groups excluding tert-OH is 2. The van der Waals surface area contributed by atoms with Gasteiger partial charge in [-0.1, -0.05) is 18.2 Å². The molecule has 3 aliphatic carbocycles. The number of Topliss-reactive ketones (excluding diaryl/α,β-unsaturated/α-hetero) is 2. The highest BCUT2D eigenvalue weighted by molar-refractivity contribution is 6.28. The van der Waals surface area contributed by atoms with E-state index in [1.165, 1.54) is 6.07 Å². The number of phenols is 1. The zero-order valence-corrected chi connectivity index (χ0v) is 22.4. The van der Waals surface area contributed by atoms with E-state index in [1.807, 2.05) is 17.1 Å². The van der Waals surface area contributed by atoms with Crippen LogP contribution in [0.1, 0.15) is 36.0 Å². The number of amides is 1. The number of aromatic hydroxyl groups is 1. The molecule has 0 radical (unpaired) electrons. The molecular weight excluding hydrogens is 524 g/mol. The summed E-state index contributed by atoms with van der Waals surface area (Å²) in [5, 5.41) is 32.8. The molecule has 1 aromatic rings. The van der Waals surface area contributed by atoms with Crippen molar-refractivity contribution in [3.05, 3.63) is 51.8 Å². The minimum absolute atomic E-state index is 0.0236. The van der Waals surface area contributed by atoms with Crippen LogP contribution in [0.2, 0.25) is 0 Å². The maximum atomic E-state index is 13.8. The third-order valence-corrected chi connectivity index (χ3v) is 8.73. The third kappa shape index (κ3) is 4.60. The summed E-state index contributed by atoms with van der Waals surface area (Å²) in [5.74, 6) is -8.81. The Bertz CT molecular complexity index is 1370. The number of nitrogens with zero attached hydrogens (tertiary/aromatic N) is 2. The van der Waals surface area contributed by atoms with Gasteiger partial charge in [-0.15, -0.1) is 0 Å². The molecule has 5 rings (SSSR count). The molecule has 0 spiro atoms. The van der Waals surface area contributed by atoms with Gasteiger partial charge in [0.25, 0.3) is 11.8 Å². The van der Waals surface area contributed by atoms with Gasteiger partial charge in [-0.05, 0) is 56.0 Å². The van der Waals surface area contributed by atoms with Crippen molar-refractivity contribution in [2.75, 3.05) is 33.7 Å². The number of primary amides is 1. The Morgan fingerprint density at radius 1 is 1.15 bits per heavy atom. The van der Waals surface area contributed by atoms with Gasteiger partial charge in [0.1, 0.15) is 22.8 Å². The summed E-state index contributed by atoms with van der Waals surface area (Å²) in [6, 6.07) is 2.30. The van der Waals surface area contributed by atoms with Crippen LogP contribution in [0.5, 0.6) is 5.75 Å². The molecule has 1 saturated heterocycles. The van der Waals surface area contributed by atoms with E-state index in [-0.39, 0.29) is 55.7 Å². The Kier molecular flexibility index (Phi) is 7.08. The van der Waals surface area contributed by atoms with Crippen molar-refractivity contribution in [3.8, 4) is 5.75 Å². The first-order valence-corrected chi connectivity index (χ1v) is 13.3. The van der Waals surface area contributed by atoms with Gasteiger partial charge < -0.3 is 21.1 Å².